The van der Waals surface area contributed by atoms with Gasteiger partial charge in [-0.1, -0.05) is 12.2 Å². The van der Waals surface area contributed by atoms with Crippen molar-refractivity contribution in [1.82, 2.24) is 0 Å². The minimum absolute atomic E-state index is 0.343. The Morgan fingerprint density at radius 2 is 1.83 bits per heavy atom. The predicted molar refractivity (Wildman–Crippen MR) is 23.4 cm³/mol. The Kier molecular flexibility index (Phi) is 0.748. The van der Waals surface area contributed by atoms with E-state index in [1.807, 2.05) is 12.2 Å². The minimum Gasteiger partial charge on any atom is -0.299 e. The second kappa shape index (κ2) is 1.25. The van der Waals surface area contributed by atoms with Crippen LogP contribution in [0.25, 0.3) is 0 Å². The molecule has 0 bridgehead atoms. The van der Waals surface area contributed by atoms with Gasteiger partial charge in [-0.25, -0.2) is 0 Å². The number of carbonyl (C=O) groups excluding carboxylic acids is 1. The lowest BCUT2D eigenvalue weighted by molar-refractivity contribution is -0.116. The van der Waals surface area contributed by atoms with E-state index in [4.69, 9.17) is 0 Å². The van der Waals surface area contributed by atoms with Gasteiger partial charge in [-0.2, -0.15) is 0 Å². The third-order valence-corrected chi connectivity index (χ3v) is 0.858. The van der Waals surface area contributed by atoms with Crippen LogP contribution in [0.5, 0.6) is 0 Å². The molecule has 1 rings (SSSR count). The van der Waals surface area contributed by atoms with E-state index >= 15 is 0 Å². The fourth-order valence-corrected chi connectivity index (χ4v) is 0.513. The van der Waals surface area contributed by atoms with E-state index in [0.717, 1.165) is 0 Å². The Labute approximate surface area is 36.7 Å². The molecule has 32 valence electrons. The first-order chi connectivity index (χ1) is 2.89. The molecule has 0 heterocycles. The van der Waals surface area contributed by atoms with Crippen LogP contribution in [0.1, 0.15) is 12.8 Å². The lowest BCUT2D eigenvalue weighted by atomic mass is 10.3. The van der Waals surface area contributed by atoms with Crippen LogP contribution in [0.15, 0.2) is 12.2 Å². The van der Waals surface area contributed by atoms with Gasteiger partial charge in [0.2, 0.25) is 0 Å². The summed E-state index contributed by atoms with van der Waals surface area (Å²) in [5, 5.41) is 0. The number of allylic oxidation sites excluding steroid dienone is 2. The van der Waals surface area contributed by atoms with Gasteiger partial charge in [-0.05, 0) is 0 Å². The Morgan fingerprint density at radius 1 is 1.33 bits per heavy atom. The summed E-state index contributed by atoms with van der Waals surface area (Å²) in [5.74, 6) is 0.343. The molecule has 0 radical (unpaired) electrons. The van der Waals surface area contributed by atoms with Crippen LogP contribution >= 0.6 is 0 Å². The molecular formula is C5H6O. The maximum atomic E-state index is 10.2. The largest absolute Gasteiger partial charge is 0.299 e. The van der Waals surface area contributed by atoms with Crippen molar-refractivity contribution < 1.29 is 4.79 Å². The molecule has 0 atom stereocenters. The number of hydrogen-bond donors (Lipinski definition) is 0. The van der Waals surface area contributed by atoms with E-state index in [-0.39, 0.29) is 0 Å². The van der Waals surface area contributed by atoms with Crippen LogP contribution in [0.4, 0.5) is 0 Å². The minimum atomic E-state index is 0.343. The zero-order valence-electron chi connectivity index (χ0n) is 3.48. The average Bonchev–Trinajstić information content (AvgIpc) is 1.86. The molecule has 0 fully saturated rings. The molecule has 0 aromatic heterocycles. The predicted octanol–water partition coefficient (Wildman–Crippen LogP) is 0.905. The van der Waals surface area contributed by atoms with Crippen molar-refractivity contribution in [3.05, 3.63) is 12.2 Å². The van der Waals surface area contributed by atoms with Crippen molar-refractivity contribution in [2.75, 3.05) is 0 Å². The Hall–Kier alpha value is -0.590. The molecule has 0 aromatic rings. The van der Waals surface area contributed by atoms with E-state index in [9.17, 15) is 4.79 Å². The first kappa shape index (κ1) is 3.59. The molecule has 0 amide bonds. The maximum absolute atomic E-state index is 10.2. The zero-order chi connectivity index (χ0) is 4.41. The molecule has 0 unspecified atom stereocenters. The van der Waals surface area contributed by atoms with E-state index in [2.05, 4.69) is 0 Å². The molecule has 0 saturated carbocycles. The summed E-state index contributed by atoms with van der Waals surface area (Å²) in [4.78, 5) is 10.2. The number of rotatable bonds is 0. The monoisotopic (exact) mass is 82.0 g/mol. The van der Waals surface area contributed by atoms with E-state index in [1.54, 1.807) is 0 Å². The summed E-state index contributed by atoms with van der Waals surface area (Å²) in [7, 11) is 0. The highest BCUT2D eigenvalue weighted by Crippen LogP contribution is 2.00. The average molecular weight is 82.1 g/mol. The van der Waals surface area contributed by atoms with Crippen molar-refractivity contribution in [1.29, 1.82) is 0 Å². The van der Waals surface area contributed by atoms with Gasteiger partial charge in [-0.3, -0.25) is 4.79 Å². The van der Waals surface area contributed by atoms with Gasteiger partial charge < -0.3 is 0 Å². The highest BCUT2D eigenvalue weighted by Gasteiger charge is 1.99. The van der Waals surface area contributed by atoms with Crippen LogP contribution in [0, 0.1) is 0 Å². The fourth-order valence-electron chi connectivity index (χ4n) is 0.513. The van der Waals surface area contributed by atoms with E-state index in [0.29, 0.717) is 18.6 Å². The summed E-state index contributed by atoms with van der Waals surface area (Å²) in [5.41, 5.74) is 0. The zero-order valence-corrected chi connectivity index (χ0v) is 3.48. The quantitative estimate of drug-likeness (QED) is 0.397. The maximum Gasteiger partial charge on any atom is 0.140 e. The molecule has 6 heavy (non-hydrogen) atoms. The standard InChI is InChI=1S/C5H6O/c6-5-3-1-2-4-5/h1-2H,3-4H2. The van der Waals surface area contributed by atoms with Gasteiger partial charge in [0, 0.05) is 12.8 Å². The van der Waals surface area contributed by atoms with E-state index in [1.165, 1.54) is 0 Å². The second-order valence-electron chi connectivity index (χ2n) is 1.42. The molecular weight excluding hydrogens is 76.1 g/mol. The van der Waals surface area contributed by atoms with Crippen molar-refractivity contribution >= 4 is 5.78 Å². The van der Waals surface area contributed by atoms with Crippen molar-refractivity contribution in [3.63, 3.8) is 0 Å². The van der Waals surface area contributed by atoms with Crippen LogP contribution < -0.4 is 0 Å². The molecule has 1 aliphatic carbocycles. The third kappa shape index (κ3) is 0.482. The number of Topliss-reactive ketones (excluding diaryl/α,β-unsaturated/α-hetero) is 1. The summed E-state index contributed by atoms with van der Waals surface area (Å²) >= 11 is 0. The van der Waals surface area contributed by atoms with Crippen LogP contribution in [-0.2, 0) is 4.79 Å². The van der Waals surface area contributed by atoms with Gasteiger partial charge in [0.05, 0.1) is 0 Å². The van der Waals surface area contributed by atoms with Crippen molar-refractivity contribution in [2.24, 2.45) is 0 Å². The molecule has 0 spiro atoms. The van der Waals surface area contributed by atoms with Gasteiger partial charge >= 0.3 is 0 Å². The summed E-state index contributed by atoms with van der Waals surface area (Å²) in [6.07, 6.45) is 5.14. The molecule has 1 aliphatic rings. The first-order valence-corrected chi connectivity index (χ1v) is 2.06. The normalized spacial score (nSPS) is 19.7. The molecule has 1 nitrogen and oxygen atoms in total. The van der Waals surface area contributed by atoms with Crippen LogP contribution in [0.3, 0.4) is 0 Å². The Balaban J connectivity index is 2.52. The van der Waals surface area contributed by atoms with Crippen molar-refractivity contribution in [2.45, 2.75) is 12.8 Å². The SMILES string of the molecule is O=C1CC=CC1. The summed E-state index contributed by atoms with van der Waals surface area (Å²) in [6.45, 7) is 0. The van der Waals surface area contributed by atoms with Gasteiger partial charge in [0.25, 0.3) is 0 Å². The molecule has 0 aliphatic heterocycles. The second-order valence-corrected chi connectivity index (χ2v) is 1.42. The molecule has 0 saturated heterocycles. The van der Waals surface area contributed by atoms with Crippen LogP contribution in [-0.4, -0.2) is 5.78 Å². The number of carbonyl (C=O) groups is 1. The Morgan fingerprint density at radius 3 is 2.00 bits per heavy atom. The lowest BCUT2D eigenvalue weighted by Gasteiger charge is -1.72. The number of ketones is 1. The van der Waals surface area contributed by atoms with Gasteiger partial charge in [-0.15, -0.1) is 0 Å². The molecule has 0 N–H and O–H groups in total. The lowest BCUT2D eigenvalue weighted by Crippen LogP contribution is -1.83. The van der Waals surface area contributed by atoms with Crippen LogP contribution in [0.2, 0.25) is 0 Å². The smallest absolute Gasteiger partial charge is 0.140 e. The fraction of sp³-hybridized carbons (Fsp3) is 0.400. The highest BCUT2D eigenvalue weighted by atomic mass is 16.1. The highest BCUT2D eigenvalue weighted by molar-refractivity contribution is 5.83. The molecule has 1 heteroatoms. The van der Waals surface area contributed by atoms with Crippen molar-refractivity contribution in [3.8, 4) is 0 Å². The topological polar surface area (TPSA) is 17.1 Å². The van der Waals surface area contributed by atoms with Gasteiger partial charge in [0.1, 0.15) is 5.78 Å². The van der Waals surface area contributed by atoms with E-state index < -0.39 is 0 Å². The summed E-state index contributed by atoms with van der Waals surface area (Å²) in [6, 6.07) is 0. The molecule has 0 aromatic carbocycles. The van der Waals surface area contributed by atoms with Gasteiger partial charge in [0.15, 0.2) is 0 Å². The first-order valence-electron chi connectivity index (χ1n) is 2.06. The Bertz CT molecular complexity index is 82.1. The third-order valence-electron chi connectivity index (χ3n) is 0.858. The summed E-state index contributed by atoms with van der Waals surface area (Å²) < 4.78 is 0. The number of hydrogen-bond acceptors (Lipinski definition) is 1.